The SMILES string of the molecule is CC(N)c1ccc(OC(CF)CF)cc1Cl. The number of halogens is 3. The Bertz CT molecular complexity index is 343. The van der Waals surface area contributed by atoms with E-state index in [0.29, 0.717) is 10.8 Å². The van der Waals surface area contributed by atoms with Gasteiger partial charge in [-0.05, 0) is 24.6 Å². The van der Waals surface area contributed by atoms with E-state index in [0.717, 1.165) is 5.56 Å². The van der Waals surface area contributed by atoms with Gasteiger partial charge in [0.25, 0.3) is 0 Å². The average molecular weight is 250 g/mol. The summed E-state index contributed by atoms with van der Waals surface area (Å²) in [6, 6.07) is 4.61. The molecule has 2 N–H and O–H groups in total. The van der Waals surface area contributed by atoms with Crippen LogP contribution in [-0.2, 0) is 0 Å². The Morgan fingerprint density at radius 1 is 1.38 bits per heavy atom. The van der Waals surface area contributed by atoms with Gasteiger partial charge in [0.15, 0.2) is 6.10 Å². The number of nitrogens with two attached hydrogens (primary N) is 1. The molecule has 1 aromatic carbocycles. The van der Waals surface area contributed by atoms with Crippen LogP contribution < -0.4 is 10.5 Å². The Labute approximate surface area is 98.3 Å². The number of hydrogen-bond donors (Lipinski definition) is 1. The van der Waals surface area contributed by atoms with Crippen molar-refractivity contribution in [1.29, 1.82) is 0 Å². The van der Waals surface area contributed by atoms with Gasteiger partial charge in [0, 0.05) is 11.1 Å². The predicted molar refractivity (Wildman–Crippen MR) is 60.4 cm³/mol. The molecule has 0 fully saturated rings. The maximum atomic E-state index is 12.2. The van der Waals surface area contributed by atoms with E-state index in [1.165, 1.54) is 6.07 Å². The number of rotatable bonds is 5. The second kappa shape index (κ2) is 6.01. The van der Waals surface area contributed by atoms with E-state index in [2.05, 4.69) is 0 Å². The monoisotopic (exact) mass is 249 g/mol. The molecule has 1 aromatic rings. The Morgan fingerprint density at radius 3 is 2.44 bits per heavy atom. The van der Waals surface area contributed by atoms with Gasteiger partial charge in [0.05, 0.1) is 0 Å². The summed E-state index contributed by atoms with van der Waals surface area (Å²) >= 11 is 5.95. The highest BCUT2D eigenvalue weighted by molar-refractivity contribution is 6.31. The molecule has 0 aliphatic heterocycles. The first-order valence-corrected chi connectivity index (χ1v) is 5.30. The molecule has 0 aliphatic rings. The first kappa shape index (κ1) is 13.2. The molecule has 0 amide bonds. The second-order valence-corrected chi connectivity index (χ2v) is 3.93. The molecule has 0 radical (unpaired) electrons. The zero-order chi connectivity index (χ0) is 12.1. The Morgan fingerprint density at radius 2 is 2.00 bits per heavy atom. The lowest BCUT2D eigenvalue weighted by molar-refractivity contribution is 0.133. The molecule has 16 heavy (non-hydrogen) atoms. The van der Waals surface area contributed by atoms with Crippen molar-refractivity contribution in [2.45, 2.75) is 19.1 Å². The first-order chi connectivity index (χ1) is 7.58. The van der Waals surface area contributed by atoms with Crippen molar-refractivity contribution in [2.75, 3.05) is 13.3 Å². The van der Waals surface area contributed by atoms with Crippen LogP contribution in [0.25, 0.3) is 0 Å². The van der Waals surface area contributed by atoms with Crippen molar-refractivity contribution in [3.8, 4) is 5.75 Å². The van der Waals surface area contributed by atoms with Crippen LogP contribution in [0.5, 0.6) is 5.75 Å². The van der Waals surface area contributed by atoms with Gasteiger partial charge < -0.3 is 10.5 Å². The third-order valence-corrected chi connectivity index (χ3v) is 2.44. The molecule has 5 heteroatoms. The minimum absolute atomic E-state index is 0.195. The zero-order valence-electron chi connectivity index (χ0n) is 8.92. The first-order valence-electron chi connectivity index (χ1n) is 4.92. The lowest BCUT2D eigenvalue weighted by Gasteiger charge is -2.14. The predicted octanol–water partition coefficient (Wildman–Crippen LogP) is 3.05. The van der Waals surface area contributed by atoms with E-state index in [1.807, 2.05) is 0 Å². The van der Waals surface area contributed by atoms with Crippen LogP contribution in [0.4, 0.5) is 8.78 Å². The van der Waals surface area contributed by atoms with Crippen molar-refractivity contribution < 1.29 is 13.5 Å². The molecule has 0 spiro atoms. The molecular weight excluding hydrogens is 236 g/mol. The summed E-state index contributed by atoms with van der Waals surface area (Å²) in [4.78, 5) is 0. The summed E-state index contributed by atoms with van der Waals surface area (Å²) in [6.45, 7) is 0.0556. The summed E-state index contributed by atoms with van der Waals surface area (Å²) in [6.07, 6.45) is -1.07. The molecule has 0 aromatic heterocycles. The maximum Gasteiger partial charge on any atom is 0.155 e. The Hall–Kier alpha value is -0.870. The lowest BCUT2D eigenvalue weighted by atomic mass is 10.1. The number of benzene rings is 1. The molecule has 0 aliphatic carbocycles. The highest BCUT2D eigenvalue weighted by atomic mass is 35.5. The largest absolute Gasteiger partial charge is 0.485 e. The van der Waals surface area contributed by atoms with Gasteiger partial charge in [-0.1, -0.05) is 17.7 Å². The summed E-state index contributed by atoms with van der Waals surface area (Å²) < 4.78 is 29.5. The molecule has 0 saturated heterocycles. The fourth-order valence-electron chi connectivity index (χ4n) is 1.25. The minimum Gasteiger partial charge on any atom is -0.485 e. The topological polar surface area (TPSA) is 35.2 Å². The van der Waals surface area contributed by atoms with E-state index in [4.69, 9.17) is 22.1 Å². The molecule has 2 nitrogen and oxygen atoms in total. The molecule has 0 heterocycles. The molecular formula is C11H14ClF2NO. The Kier molecular flexibility index (Phi) is 4.96. The van der Waals surface area contributed by atoms with Crippen LogP contribution in [0.15, 0.2) is 18.2 Å². The standard InChI is InChI=1S/C11H14ClF2NO/c1-7(15)10-3-2-8(4-11(10)12)16-9(5-13)6-14/h2-4,7,9H,5-6,15H2,1H3. The summed E-state index contributed by atoms with van der Waals surface area (Å²) in [5.41, 5.74) is 6.44. The van der Waals surface area contributed by atoms with Gasteiger partial charge in [-0.2, -0.15) is 0 Å². The summed E-state index contributed by atoms with van der Waals surface area (Å²) in [5, 5.41) is 0.434. The average Bonchev–Trinajstić information content (AvgIpc) is 2.25. The van der Waals surface area contributed by atoms with Gasteiger partial charge in [-0.3, -0.25) is 0 Å². The zero-order valence-corrected chi connectivity index (χ0v) is 9.68. The van der Waals surface area contributed by atoms with Crippen LogP contribution in [0.2, 0.25) is 5.02 Å². The molecule has 0 bridgehead atoms. The number of alkyl halides is 2. The van der Waals surface area contributed by atoms with E-state index < -0.39 is 19.5 Å². The minimum atomic E-state index is -1.07. The molecule has 1 unspecified atom stereocenters. The molecule has 1 rings (SSSR count). The van der Waals surface area contributed by atoms with E-state index in [1.54, 1.807) is 19.1 Å². The van der Waals surface area contributed by atoms with Gasteiger partial charge >= 0.3 is 0 Å². The highest BCUT2D eigenvalue weighted by Crippen LogP contribution is 2.26. The third-order valence-electron chi connectivity index (χ3n) is 2.11. The van der Waals surface area contributed by atoms with Crippen LogP contribution in [0.3, 0.4) is 0 Å². The van der Waals surface area contributed by atoms with Crippen molar-refractivity contribution in [2.24, 2.45) is 5.73 Å². The summed E-state index contributed by atoms with van der Waals surface area (Å²) in [7, 11) is 0. The van der Waals surface area contributed by atoms with Crippen LogP contribution in [0.1, 0.15) is 18.5 Å². The van der Waals surface area contributed by atoms with E-state index in [-0.39, 0.29) is 6.04 Å². The Balaban J connectivity index is 2.80. The van der Waals surface area contributed by atoms with Gasteiger partial charge in [0.2, 0.25) is 0 Å². The third kappa shape index (κ3) is 3.32. The lowest BCUT2D eigenvalue weighted by Crippen LogP contribution is -2.21. The van der Waals surface area contributed by atoms with Crippen LogP contribution >= 0.6 is 11.6 Å². The fraction of sp³-hybridized carbons (Fsp3) is 0.455. The number of hydrogen-bond acceptors (Lipinski definition) is 2. The van der Waals surface area contributed by atoms with Crippen molar-refractivity contribution >= 4 is 11.6 Å². The van der Waals surface area contributed by atoms with E-state index in [9.17, 15) is 8.78 Å². The van der Waals surface area contributed by atoms with Crippen LogP contribution in [-0.4, -0.2) is 19.5 Å². The fourth-order valence-corrected chi connectivity index (χ4v) is 1.59. The maximum absolute atomic E-state index is 12.2. The molecule has 0 saturated carbocycles. The smallest absolute Gasteiger partial charge is 0.155 e. The summed E-state index contributed by atoms with van der Waals surface area (Å²) in [5.74, 6) is 0.342. The molecule has 90 valence electrons. The number of ether oxygens (including phenoxy) is 1. The van der Waals surface area contributed by atoms with Crippen molar-refractivity contribution in [3.63, 3.8) is 0 Å². The van der Waals surface area contributed by atoms with Gasteiger partial charge in [-0.15, -0.1) is 0 Å². The van der Waals surface area contributed by atoms with Crippen molar-refractivity contribution in [1.82, 2.24) is 0 Å². The normalized spacial score (nSPS) is 12.9. The second-order valence-electron chi connectivity index (χ2n) is 3.52. The van der Waals surface area contributed by atoms with Crippen LogP contribution in [0, 0.1) is 0 Å². The highest BCUT2D eigenvalue weighted by Gasteiger charge is 2.11. The quantitative estimate of drug-likeness (QED) is 0.871. The van der Waals surface area contributed by atoms with Crippen molar-refractivity contribution in [3.05, 3.63) is 28.8 Å². The van der Waals surface area contributed by atoms with Gasteiger partial charge in [-0.25, -0.2) is 8.78 Å². The van der Waals surface area contributed by atoms with Gasteiger partial charge in [0.1, 0.15) is 19.1 Å². The molecule has 1 atom stereocenters. The van der Waals surface area contributed by atoms with E-state index >= 15 is 0 Å².